The van der Waals surface area contributed by atoms with Gasteiger partial charge in [0, 0.05) is 31.1 Å². The average Bonchev–Trinajstić information content (AvgIpc) is 3.36. The molecule has 0 spiro atoms. The smallest absolute Gasteiger partial charge is 0.173 e. The number of ketones is 1. The van der Waals surface area contributed by atoms with Crippen LogP contribution in [0.1, 0.15) is 44.9 Å². The van der Waals surface area contributed by atoms with Gasteiger partial charge in [0.25, 0.3) is 0 Å². The Hall–Kier alpha value is -0.850. The number of aliphatic hydroxyl groups excluding tert-OH is 1. The van der Waals surface area contributed by atoms with Gasteiger partial charge < -0.3 is 36.4 Å². The van der Waals surface area contributed by atoms with Gasteiger partial charge in [-0.15, -0.1) is 0 Å². The SMILES string of the molecule is C[N+]1(CC2CC2)CC[C@@H]2[C@H]3O/C=C(O)/C=C\CC[C@@H]1[C@]2(O)CCC3=O.[Br-]. The Morgan fingerprint density at radius 2 is 2.08 bits per heavy atom. The van der Waals surface area contributed by atoms with E-state index in [0.29, 0.717) is 12.8 Å². The van der Waals surface area contributed by atoms with Crippen LogP contribution in [-0.4, -0.2) is 58.4 Å². The van der Waals surface area contributed by atoms with Crippen LogP contribution in [0, 0.1) is 11.8 Å². The van der Waals surface area contributed by atoms with E-state index in [1.807, 2.05) is 6.08 Å². The Kier molecular flexibility index (Phi) is 5.58. The van der Waals surface area contributed by atoms with Gasteiger partial charge in [-0.2, -0.15) is 0 Å². The summed E-state index contributed by atoms with van der Waals surface area (Å²) >= 11 is 0. The van der Waals surface area contributed by atoms with E-state index in [-0.39, 0.29) is 40.5 Å². The molecule has 3 fully saturated rings. The van der Waals surface area contributed by atoms with Gasteiger partial charge >= 0.3 is 0 Å². The summed E-state index contributed by atoms with van der Waals surface area (Å²) < 4.78 is 6.61. The normalized spacial score (nSPS) is 46.0. The van der Waals surface area contributed by atoms with Crippen molar-refractivity contribution in [1.82, 2.24) is 0 Å². The van der Waals surface area contributed by atoms with Crippen molar-refractivity contribution in [3.63, 3.8) is 0 Å². The van der Waals surface area contributed by atoms with Crippen LogP contribution >= 0.6 is 0 Å². The van der Waals surface area contributed by atoms with E-state index >= 15 is 0 Å². The molecule has 2 aliphatic heterocycles. The molecule has 0 amide bonds. The van der Waals surface area contributed by atoms with Crippen LogP contribution in [0.4, 0.5) is 0 Å². The molecule has 4 aliphatic rings. The van der Waals surface area contributed by atoms with E-state index in [9.17, 15) is 15.0 Å². The van der Waals surface area contributed by atoms with E-state index < -0.39 is 11.7 Å². The second-order valence-electron chi connectivity index (χ2n) is 8.78. The summed E-state index contributed by atoms with van der Waals surface area (Å²) in [5.41, 5.74) is -0.859. The van der Waals surface area contributed by atoms with Crippen molar-refractivity contribution in [1.29, 1.82) is 0 Å². The topological polar surface area (TPSA) is 66.8 Å². The number of carbonyl (C=O) groups is 1. The Balaban J connectivity index is 0.00000196. The summed E-state index contributed by atoms with van der Waals surface area (Å²) in [5.74, 6) is 0.709. The Bertz CT molecular complexity index is 617. The van der Waals surface area contributed by atoms with E-state index in [1.165, 1.54) is 19.1 Å². The number of halogens is 1. The number of likely N-dealkylation sites (tertiary alicyclic amines) is 1. The lowest BCUT2D eigenvalue weighted by Gasteiger charge is -2.58. The zero-order chi connectivity index (χ0) is 17.7. The fourth-order valence-electron chi connectivity index (χ4n) is 5.56. The zero-order valence-electron chi connectivity index (χ0n) is 15.4. The second kappa shape index (κ2) is 7.28. The number of piperidine rings is 1. The molecule has 5 atom stereocenters. The molecule has 4 rings (SSSR count). The third-order valence-electron chi connectivity index (χ3n) is 6.98. The highest BCUT2D eigenvalue weighted by Crippen LogP contribution is 2.48. The fraction of sp³-hybridized carbons (Fsp3) is 0.750. The van der Waals surface area contributed by atoms with Crippen molar-refractivity contribution in [2.75, 3.05) is 20.1 Å². The summed E-state index contributed by atoms with van der Waals surface area (Å²) in [4.78, 5) is 12.5. The van der Waals surface area contributed by atoms with E-state index in [2.05, 4.69) is 7.05 Å². The number of Topliss-reactive ketones (excluding diaryl/α,β-unsaturated/α-hetero) is 1. The minimum absolute atomic E-state index is 0. The highest BCUT2D eigenvalue weighted by atomic mass is 79.9. The number of ether oxygens (including phenoxy) is 1. The van der Waals surface area contributed by atoms with Crippen LogP contribution < -0.4 is 17.0 Å². The van der Waals surface area contributed by atoms with Crippen LogP contribution in [-0.2, 0) is 9.53 Å². The first-order valence-corrected chi connectivity index (χ1v) is 9.73. The van der Waals surface area contributed by atoms with Crippen molar-refractivity contribution in [2.45, 2.75) is 62.7 Å². The average molecular weight is 428 g/mol. The molecular formula is C20H30BrNO4. The highest BCUT2D eigenvalue weighted by molar-refractivity contribution is 5.84. The predicted molar refractivity (Wildman–Crippen MR) is 93.7 cm³/mol. The Labute approximate surface area is 166 Å². The quantitative estimate of drug-likeness (QED) is 0.581. The van der Waals surface area contributed by atoms with Gasteiger partial charge in [-0.05, 0) is 31.8 Å². The molecule has 6 heteroatoms. The molecule has 0 radical (unpaired) electrons. The van der Waals surface area contributed by atoms with Crippen molar-refractivity contribution in [3.8, 4) is 0 Å². The van der Waals surface area contributed by atoms with Crippen molar-refractivity contribution < 1.29 is 41.2 Å². The third-order valence-corrected chi connectivity index (χ3v) is 6.98. The summed E-state index contributed by atoms with van der Waals surface area (Å²) in [6.07, 6.45) is 10.2. The molecular weight excluding hydrogens is 398 g/mol. The predicted octanol–water partition coefficient (Wildman–Crippen LogP) is -0.536. The van der Waals surface area contributed by atoms with Gasteiger partial charge in [0.1, 0.15) is 23.7 Å². The van der Waals surface area contributed by atoms with Crippen LogP contribution in [0.15, 0.2) is 24.2 Å². The first-order chi connectivity index (χ1) is 11.9. The maximum atomic E-state index is 12.5. The molecule has 0 aromatic heterocycles. The Morgan fingerprint density at radius 1 is 1.31 bits per heavy atom. The zero-order valence-corrected chi connectivity index (χ0v) is 17.0. The molecule has 2 heterocycles. The van der Waals surface area contributed by atoms with Crippen LogP contribution in [0.3, 0.4) is 0 Å². The number of carbonyl (C=O) groups excluding carboxylic acids is 1. The molecule has 2 aliphatic carbocycles. The van der Waals surface area contributed by atoms with Crippen LogP contribution in [0.25, 0.3) is 0 Å². The van der Waals surface area contributed by atoms with Gasteiger partial charge in [0.15, 0.2) is 11.9 Å². The second-order valence-corrected chi connectivity index (χ2v) is 8.78. The molecule has 0 aromatic rings. The van der Waals surface area contributed by atoms with Crippen molar-refractivity contribution in [2.24, 2.45) is 11.8 Å². The van der Waals surface area contributed by atoms with Crippen LogP contribution in [0.2, 0.25) is 0 Å². The lowest BCUT2D eigenvalue weighted by molar-refractivity contribution is -0.950. The lowest BCUT2D eigenvalue weighted by atomic mass is 9.63. The summed E-state index contributed by atoms with van der Waals surface area (Å²) in [6.45, 7) is 2.12. The first-order valence-electron chi connectivity index (χ1n) is 9.73. The van der Waals surface area contributed by atoms with Gasteiger partial charge in [0.05, 0.1) is 20.1 Å². The molecule has 2 N–H and O–H groups in total. The first kappa shape index (κ1) is 19.9. The number of hydrogen-bond donors (Lipinski definition) is 2. The summed E-state index contributed by atoms with van der Waals surface area (Å²) in [6, 6.07) is 0.121. The van der Waals surface area contributed by atoms with Crippen molar-refractivity contribution >= 4 is 5.78 Å². The summed E-state index contributed by atoms with van der Waals surface area (Å²) in [7, 11) is 2.29. The van der Waals surface area contributed by atoms with Gasteiger partial charge in [-0.25, -0.2) is 0 Å². The number of hydrogen-bond acceptors (Lipinski definition) is 4. The molecule has 2 saturated carbocycles. The monoisotopic (exact) mass is 427 g/mol. The van der Waals surface area contributed by atoms with Gasteiger partial charge in [-0.1, -0.05) is 6.08 Å². The molecule has 0 aromatic carbocycles. The minimum atomic E-state index is -0.859. The lowest BCUT2D eigenvalue weighted by Crippen LogP contribution is -3.00. The molecule has 26 heavy (non-hydrogen) atoms. The van der Waals surface area contributed by atoms with E-state index in [1.54, 1.807) is 6.08 Å². The summed E-state index contributed by atoms with van der Waals surface area (Å²) in [5, 5.41) is 21.7. The van der Waals surface area contributed by atoms with Gasteiger partial charge in [0.2, 0.25) is 0 Å². The maximum absolute atomic E-state index is 12.5. The molecule has 4 bridgehead atoms. The number of likely N-dealkylation sites (N-methyl/N-ethyl adjacent to an activating group) is 1. The molecule has 1 unspecified atom stereocenters. The van der Waals surface area contributed by atoms with E-state index in [4.69, 9.17) is 4.74 Å². The maximum Gasteiger partial charge on any atom is 0.173 e. The third kappa shape index (κ3) is 3.48. The Morgan fingerprint density at radius 3 is 2.81 bits per heavy atom. The fourth-order valence-corrected chi connectivity index (χ4v) is 5.56. The number of aliphatic hydroxyl groups is 2. The number of quaternary nitrogens is 1. The van der Waals surface area contributed by atoms with Gasteiger partial charge in [-0.3, -0.25) is 4.79 Å². The molecule has 5 nitrogen and oxygen atoms in total. The standard InChI is InChI=1S/C20H29NO4.BrH/c1-21(12-14-6-7-14)11-9-16-19-17(23)8-10-20(16,24)18(21)5-3-2-4-15(22)13-25-19;/h2,4,13-14,16,18-19,24H,3,5-12H2,1H3;1H/b4-2-,15-13-;/t16-,18-,19-,20+,21?;/m1./s1. The number of allylic oxidation sites excluding steroid dienone is 2. The largest absolute Gasteiger partial charge is 1.00 e. The minimum Gasteiger partial charge on any atom is -1.00 e. The highest BCUT2D eigenvalue weighted by Gasteiger charge is 2.62. The molecule has 1 saturated heterocycles. The van der Waals surface area contributed by atoms with Crippen molar-refractivity contribution in [3.05, 3.63) is 24.2 Å². The molecule has 146 valence electrons. The van der Waals surface area contributed by atoms with Crippen LogP contribution in [0.5, 0.6) is 0 Å². The number of nitrogens with zero attached hydrogens (tertiary/aromatic N) is 1. The van der Waals surface area contributed by atoms with E-state index in [0.717, 1.165) is 42.8 Å². The number of rotatable bonds is 2.